The van der Waals surface area contributed by atoms with E-state index in [-0.39, 0.29) is 17.6 Å². The van der Waals surface area contributed by atoms with Gasteiger partial charge in [0.15, 0.2) is 0 Å². The number of methoxy groups -OCH3 is 1. The van der Waals surface area contributed by atoms with Crippen molar-refractivity contribution in [2.75, 3.05) is 18.4 Å². The van der Waals surface area contributed by atoms with Gasteiger partial charge in [0.2, 0.25) is 15.9 Å². The number of carbonyl (C=O) groups excluding carboxylic acids is 1. The number of fused-ring (bicyclic) bond motifs is 1. The highest BCUT2D eigenvalue weighted by molar-refractivity contribution is 7.91. The van der Waals surface area contributed by atoms with Crippen LogP contribution >= 0.6 is 0 Å². The van der Waals surface area contributed by atoms with Gasteiger partial charge in [-0.2, -0.15) is 0 Å². The molecule has 6 nitrogen and oxygen atoms in total. The number of nitrogens with one attached hydrogen (secondary N) is 1. The van der Waals surface area contributed by atoms with Crippen LogP contribution in [0.2, 0.25) is 0 Å². The average molecular weight is 401 g/mol. The number of para-hydroxylation sites is 1. The highest BCUT2D eigenvalue weighted by Crippen LogP contribution is 2.33. The van der Waals surface area contributed by atoms with Crippen molar-refractivity contribution in [2.24, 2.45) is 5.92 Å². The molecule has 0 bridgehead atoms. The van der Waals surface area contributed by atoms with E-state index < -0.39 is 10.0 Å². The molecular formula is C21H24N2O4S. The van der Waals surface area contributed by atoms with Crippen LogP contribution in [0.4, 0.5) is 5.69 Å². The Balaban J connectivity index is 1.49. The van der Waals surface area contributed by atoms with Crippen LogP contribution in [0.5, 0.6) is 5.75 Å². The fourth-order valence-electron chi connectivity index (χ4n) is 3.64. The Morgan fingerprint density at radius 3 is 2.71 bits per heavy atom. The zero-order chi connectivity index (χ0) is 19.7. The number of nitrogens with zero attached hydrogens (tertiary/aromatic N) is 1. The van der Waals surface area contributed by atoms with Crippen LogP contribution < -0.4 is 9.46 Å². The lowest BCUT2D eigenvalue weighted by molar-refractivity contribution is -0.133. The predicted molar refractivity (Wildman–Crippen MR) is 108 cm³/mol. The van der Waals surface area contributed by atoms with E-state index in [0.717, 1.165) is 31.4 Å². The van der Waals surface area contributed by atoms with E-state index in [1.165, 1.54) is 12.7 Å². The lowest BCUT2D eigenvalue weighted by atomic mass is 9.99. The van der Waals surface area contributed by atoms with Gasteiger partial charge in [-0.25, -0.2) is 8.42 Å². The summed E-state index contributed by atoms with van der Waals surface area (Å²) < 4.78 is 33.2. The predicted octanol–water partition coefficient (Wildman–Crippen LogP) is 2.93. The molecule has 28 heavy (non-hydrogen) atoms. The summed E-state index contributed by atoms with van der Waals surface area (Å²) in [6.07, 6.45) is 2.79. The van der Waals surface area contributed by atoms with Crippen LogP contribution in [0.1, 0.15) is 29.5 Å². The molecule has 1 saturated carbocycles. The van der Waals surface area contributed by atoms with Gasteiger partial charge in [0.1, 0.15) is 5.75 Å². The summed E-state index contributed by atoms with van der Waals surface area (Å²) in [6.45, 7) is 1.29. The van der Waals surface area contributed by atoms with Crippen LogP contribution in [0, 0.1) is 5.92 Å². The van der Waals surface area contributed by atoms with E-state index in [1.807, 2.05) is 17.0 Å². The molecular weight excluding hydrogens is 376 g/mol. The fraction of sp³-hybridized carbons (Fsp3) is 0.381. The molecule has 1 aliphatic heterocycles. The molecule has 0 atom stereocenters. The Bertz CT molecular complexity index is 999. The van der Waals surface area contributed by atoms with E-state index in [0.29, 0.717) is 23.5 Å². The van der Waals surface area contributed by atoms with E-state index in [4.69, 9.17) is 4.74 Å². The minimum Gasteiger partial charge on any atom is -0.496 e. The van der Waals surface area contributed by atoms with Gasteiger partial charge in [0.05, 0.1) is 12.9 Å². The monoisotopic (exact) mass is 400 g/mol. The van der Waals surface area contributed by atoms with Gasteiger partial charge in [0.25, 0.3) is 0 Å². The molecule has 0 radical (unpaired) electrons. The van der Waals surface area contributed by atoms with Crippen molar-refractivity contribution in [1.82, 2.24) is 4.90 Å². The lowest BCUT2D eigenvalue weighted by Gasteiger charge is -2.29. The Morgan fingerprint density at radius 2 is 1.96 bits per heavy atom. The average Bonchev–Trinajstić information content (AvgIpc) is 3.52. The third-order valence-corrected chi connectivity index (χ3v) is 6.51. The summed E-state index contributed by atoms with van der Waals surface area (Å²) in [7, 11) is -2.07. The first-order valence-corrected chi connectivity index (χ1v) is 11.1. The van der Waals surface area contributed by atoms with Crippen LogP contribution in [-0.2, 0) is 33.5 Å². The molecule has 2 aromatic carbocycles. The molecule has 0 saturated heterocycles. The minimum absolute atomic E-state index is 0.166. The number of benzene rings is 2. The van der Waals surface area contributed by atoms with E-state index >= 15 is 0 Å². The maximum Gasteiger partial charge on any atom is 0.237 e. The maximum atomic E-state index is 12.6. The minimum atomic E-state index is -3.59. The van der Waals surface area contributed by atoms with Crippen LogP contribution in [-0.4, -0.2) is 32.9 Å². The molecule has 2 aromatic rings. The zero-order valence-electron chi connectivity index (χ0n) is 15.8. The number of hydrogen-bond donors (Lipinski definition) is 1. The second kappa shape index (κ2) is 7.47. The first-order valence-electron chi connectivity index (χ1n) is 9.48. The number of ether oxygens (including phenoxy) is 1. The van der Waals surface area contributed by atoms with Crippen molar-refractivity contribution < 1.29 is 17.9 Å². The van der Waals surface area contributed by atoms with Gasteiger partial charge in [-0.3, -0.25) is 9.52 Å². The third kappa shape index (κ3) is 4.14. The maximum absolute atomic E-state index is 12.6. The highest BCUT2D eigenvalue weighted by Gasteiger charge is 2.34. The zero-order valence-corrected chi connectivity index (χ0v) is 16.7. The van der Waals surface area contributed by atoms with Crippen molar-refractivity contribution in [3.05, 3.63) is 59.2 Å². The van der Waals surface area contributed by atoms with Crippen molar-refractivity contribution in [1.29, 1.82) is 0 Å². The molecule has 1 aliphatic carbocycles. The first-order chi connectivity index (χ1) is 13.4. The van der Waals surface area contributed by atoms with E-state index in [2.05, 4.69) is 4.72 Å². The number of amides is 1. The van der Waals surface area contributed by atoms with Gasteiger partial charge >= 0.3 is 0 Å². The van der Waals surface area contributed by atoms with E-state index in [1.54, 1.807) is 30.3 Å². The summed E-state index contributed by atoms with van der Waals surface area (Å²) in [6, 6.07) is 12.7. The van der Waals surface area contributed by atoms with Gasteiger partial charge in [-0.05, 0) is 48.6 Å². The van der Waals surface area contributed by atoms with Gasteiger partial charge in [-0.15, -0.1) is 0 Å². The van der Waals surface area contributed by atoms with Crippen molar-refractivity contribution >= 4 is 21.6 Å². The number of carbonyl (C=O) groups is 1. The van der Waals surface area contributed by atoms with Gasteiger partial charge in [0, 0.05) is 30.3 Å². The largest absolute Gasteiger partial charge is 0.496 e. The van der Waals surface area contributed by atoms with E-state index in [9.17, 15) is 13.2 Å². The molecule has 1 heterocycles. The molecule has 1 amide bonds. The summed E-state index contributed by atoms with van der Waals surface area (Å²) >= 11 is 0. The summed E-state index contributed by atoms with van der Waals surface area (Å²) in [4.78, 5) is 14.2. The molecule has 7 heteroatoms. The molecule has 1 fully saturated rings. The highest BCUT2D eigenvalue weighted by atomic mass is 32.2. The quantitative estimate of drug-likeness (QED) is 0.809. The first kappa shape index (κ1) is 18.8. The topological polar surface area (TPSA) is 75.7 Å². The van der Waals surface area contributed by atoms with Crippen LogP contribution in [0.15, 0.2) is 42.5 Å². The molecule has 0 unspecified atom stereocenters. The Kier molecular flexibility index (Phi) is 5.02. The molecule has 148 valence electrons. The second-order valence-electron chi connectivity index (χ2n) is 7.44. The Hall–Kier alpha value is -2.54. The van der Waals surface area contributed by atoms with Crippen molar-refractivity contribution in [3.8, 4) is 5.75 Å². The molecule has 0 aromatic heterocycles. The van der Waals surface area contributed by atoms with Crippen molar-refractivity contribution in [2.45, 2.75) is 31.6 Å². The van der Waals surface area contributed by atoms with Crippen molar-refractivity contribution in [3.63, 3.8) is 0 Å². The van der Waals surface area contributed by atoms with Crippen LogP contribution in [0.3, 0.4) is 0 Å². The molecule has 2 aliphatic rings. The van der Waals surface area contributed by atoms with Gasteiger partial charge < -0.3 is 9.64 Å². The lowest BCUT2D eigenvalue weighted by Crippen LogP contribution is -2.36. The smallest absolute Gasteiger partial charge is 0.237 e. The number of rotatable bonds is 6. The summed E-state index contributed by atoms with van der Waals surface area (Å²) in [5.74, 6) is 0.810. The van der Waals surface area contributed by atoms with Gasteiger partial charge in [-0.1, -0.05) is 24.3 Å². The fourth-order valence-corrected chi connectivity index (χ4v) is 4.85. The Labute approximate surface area is 165 Å². The Morgan fingerprint density at radius 1 is 1.18 bits per heavy atom. The second-order valence-corrected chi connectivity index (χ2v) is 9.16. The third-order valence-electron chi connectivity index (χ3n) is 5.27. The molecule has 4 rings (SSSR count). The number of sulfonamides is 1. The molecule has 0 spiro atoms. The number of hydrogen-bond acceptors (Lipinski definition) is 4. The summed E-state index contributed by atoms with van der Waals surface area (Å²) in [5, 5.41) is 0. The number of anilines is 1. The molecule has 1 N–H and O–H groups in total. The van der Waals surface area contributed by atoms with Crippen LogP contribution in [0.25, 0.3) is 0 Å². The standard InChI is InChI=1S/C21H24N2O4S/c1-27-20-5-3-2-4-17(20)14-28(25,26)22-19-9-8-15-10-11-23(13-18(15)12-19)21(24)16-6-7-16/h2-5,8-9,12,16,22H,6-7,10-11,13-14H2,1H3. The SMILES string of the molecule is COc1ccccc1CS(=O)(=O)Nc1ccc2c(c1)CN(C(=O)C1CC1)CC2. The normalized spacial score (nSPS) is 16.4. The summed E-state index contributed by atoms with van der Waals surface area (Å²) in [5.41, 5.74) is 3.32.